The van der Waals surface area contributed by atoms with E-state index in [1.54, 1.807) is 0 Å². The Morgan fingerprint density at radius 2 is 1.85 bits per heavy atom. The maximum Gasteiger partial charge on any atom is 0.224 e. The van der Waals surface area contributed by atoms with Crippen molar-refractivity contribution in [1.82, 2.24) is 5.32 Å². The fraction of sp³-hybridized carbons (Fsp3) is 0.900. The predicted octanol–water partition coefficient (Wildman–Crippen LogP) is 0.782. The van der Waals surface area contributed by atoms with Crippen LogP contribution in [0.3, 0.4) is 0 Å². The zero-order valence-electron chi connectivity index (χ0n) is 7.96. The molecule has 2 atom stereocenters. The molecule has 3 N–H and O–H groups in total. The minimum Gasteiger partial charge on any atom is -0.353 e. The second-order valence-corrected chi connectivity index (χ2v) is 4.34. The van der Waals surface area contributed by atoms with E-state index in [0.717, 1.165) is 32.1 Å². The van der Waals surface area contributed by atoms with Crippen LogP contribution in [0.4, 0.5) is 0 Å². The van der Waals surface area contributed by atoms with Crippen molar-refractivity contribution in [2.24, 2.45) is 11.7 Å². The Labute approximate surface area is 79.1 Å². The Balaban J connectivity index is 1.85. The molecule has 2 saturated carbocycles. The first-order chi connectivity index (χ1) is 6.27. The van der Waals surface area contributed by atoms with Gasteiger partial charge in [0.1, 0.15) is 0 Å². The summed E-state index contributed by atoms with van der Waals surface area (Å²) in [6.45, 7) is 0. The molecule has 3 heteroatoms. The van der Waals surface area contributed by atoms with Gasteiger partial charge < -0.3 is 11.1 Å². The van der Waals surface area contributed by atoms with Crippen LogP contribution in [0.25, 0.3) is 0 Å². The van der Waals surface area contributed by atoms with Gasteiger partial charge in [0.2, 0.25) is 5.91 Å². The molecule has 3 nitrogen and oxygen atoms in total. The first-order valence-corrected chi connectivity index (χ1v) is 5.33. The fourth-order valence-electron chi connectivity index (χ4n) is 2.02. The minimum absolute atomic E-state index is 0.0920. The Morgan fingerprint density at radius 3 is 2.46 bits per heavy atom. The van der Waals surface area contributed by atoms with Gasteiger partial charge in [0.05, 0.1) is 5.92 Å². The zero-order chi connectivity index (χ0) is 9.26. The molecule has 0 radical (unpaired) electrons. The summed E-state index contributed by atoms with van der Waals surface area (Å²) in [5.41, 5.74) is 5.92. The lowest BCUT2D eigenvalue weighted by atomic mass is 9.84. The SMILES string of the molecule is NC1CCCCC1C(=O)NC1CC1. The average Bonchev–Trinajstić information content (AvgIpc) is 2.89. The van der Waals surface area contributed by atoms with Gasteiger partial charge in [-0.2, -0.15) is 0 Å². The predicted molar refractivity (Wildman–Crippen MR) is 51.1 cm³/mol. The van der Waals surface area contributed by atoms with E-state index in [1.807, 2.05) is 0 Å². The third kappa shape index (κ3) is 2.21. The molecule has 0 bridgehead atoms. The maximum atomic E-state index is 11.7. The molecule has 74 valence electrons. The van der Waals surface area contributed by atoms with E-state index < -0.39 is 0 Å². The summed E-state index contributed by atoms with van der Waals surface area (Å²) in [6, 6.07) is 0.578. The highest BCUT2D eigenvalue weighted by atomic mass is 16.2. The molecule has 0 saturated heterocycles. The second-order valence-electron chi connectivity index (χ2n) is 4.34. The van der Waals surface area contributed by atoms with Crippen LogP contribution in [0.5, 0.6) is 0 Å². The molecule has 0 aromatic carbocycles. The monoisotopic (exact) mass is 182 g/mol. The first-order valence-electron chi connectivity index (χ1n) is 5.33. The van der Waals surface area contributed by atoms with Crippen LogP contribution in [-0.2, 0) is 4.79 Å². The summed E-state index contributed by atoms with van der Waals surface area (Å²) in [6.07, 6.45) is 6.68. The van der Waals surface area contributed by atoms with Gasteiger partial charge in [-0.15, -0.1) is 0 Å². The third-order valence-electron chi connectivity index (χ3n) is 3.08. The molecule has 2 aliphatic carbocycles. The van der Waals surface area contributed by atoms with Gasteiger partial charge in [-0.05, 0) is 25.7 Å². The number of hydrogen-bond acceptors (Lipinski definition) is 2. The van der Waals surface area contributed by atoms with E-state index in [9.17, 15) is 4.79 Å². The lowest BCUT2D eigenvalue weighted by Gasteiger charge is -2.27. The number of hydrogen-bond donors (Lipinski definition) is 2. The number of nitrogens with one attached hydrogen (secondary N) is 1. The Hall–Kier alpha value is -0.570. The number of amides is 1. The molecule has 2 fully saturated rings. The summed E-state index contributed by atoms with van der Waals surface area (Å²) in [5, 5.41) is 3.04. The number of nitrogens with two attached hydrogens (primary N) is 1. The van der Waals surface area contributed by atoms with Crippen molar-refractivity contribution in [3.8, 4) is 0 Å². The standard InChI is InChI=1S/C10H18N2O/c11-9-4-2-1-3-8(9)10(13)12-7-5-6-7/h7-9H,1-6,11H2,(H,12,13). The minimum atomic E-state index is 0.0920. The summed E-state index contributed by atoms with van der Waals surface area (Å²) in [4.78, 5) is 11.7. The van der Waals surface area contributed by atoms with E-state index in [4.69, 9.17) is 5.73 Å². The van der Waals surface area contributed by atoms with Crippen LogP contribution in [0, 0.1) is 5.92 Å². The van der Waals surface area contributed by atoms with E-state index in [1.165, 1.54) is 6.42 Å². The van der Waals surface area contributed by atoms with Crippen LogP contribution in [0.1, 0.15) is 38.5 Å². The topological polar surface area (TPSA) is 55.1 Å². The highest BCUT2D eigenvalue weighted by Gasteiger charge is 2.31. The number of carbonyl (C=O) groups is 1. The van der Waals surface area contributed by atoms with Gasteiger partial charge in [0.15, 0.2) is 0 Å². The molecule has 1 amide bonds. The normalized spacial score (nSPS) is 34.2. The smallest absolute Gasteiger partial charge is 0.224 e. The zero-order valence-corrected chi connectivity index (χ0v) is 7.96. The number of rotatable bonds is 2. The largest absolute Gasteiger partial charge is 0.353 e. The lowest BCUT2D eigenvalue weighted by Crippen LogP contribution is -2.44. The Kier molecular flexibility index (Phi) is 2.54. The molecule has 13 heavy (non-hydrogen) atoms. The molecule has 0 aromatic heterocycles. The van der Waals surface area contributed by atoms with E-state index >= 15 is 0 Å². The van der Waals surface area contributed by atoms with Crippen LogP contribution in [-0.4, -0.2) is 18.0 Å². The van der Waals surface area contributed by atoms with Gasteiger partial charge in [0.25, 0.3) is 0 Å². The summed E-state index contributed by atoms with van der Waals surface area (Å²) in [5.74, 6) is 0.295. The highest BCUT2D eigenvalue weighted by Crippen LogP contribution is 2.25. The average molecular weight is 182 g/mol. The van der Waals surface area contributed by atoms with Crippen molar-refractivity contribution in [3.05, 3.63) is 0 Å². The fourth-order valence-corrected chi connectivity index (χ4v) is 2.02. The molecule has 2 rings (SSSR count). The van der Waals surface area contributed by atoms with Crippen molar-refractivity contribution in [3.63, 3.8) is 0 Å². The van der Waals surface area contributed by atoms with Gasteiger partial charge in [-0.25, -0.2) is 0 Å². The van der Waals surface area contributed by atoms with Crippen molar-refractivity contribution in [2.75, 3.05) is 0 Å². The van der Waals surface area contributed by atoms with E-state index in [2.05, 4.69) is 5.32 Å². The third-order valence-corrected chi connectivity index (χ3v) is 3.08. The van der Waals surface area contributed by atoms with Crippen molar-refractivity contribution < 1.29 is 4.79 Å². The molecular weight excluding hydrogens is 164 g/mol. The van der Waals surface area contributed by atoms with E-state index in [0.29, 0.717) is 6.04 Å². The molecule has 0 heterocycles. The molecule has 2 unspecified atom stereocenters. The Morgan fingerprint density at radius 1 is 1.15 bits per heavy atom. The van der Waals surface area contributed by atoms with Gasteiger partial charge in [0, 0.05) is 12.1 Å². The van der Waals surface area contributed by atoms with Crippen LogP contribution in [0.15, 0.2) is 0 Å². The highest BCUT2D eigenvalue weighted by molar-refractivity contribution is 5.80. The Bertz CT molecular complexity index is 201. The van der Waals surface area contributed by atoms with Crippen molar-refractivity contribution in [1.29, 1.82) is 0 Å². The molecule has 0 aromatic rings. The maximum absolute atomic E-state index is 11.7. The van der Waals surface area contributed by atoms with Crippen molar-refractivity contribution in [2.45, 2.75) is 50.6 Å². The van der Waals surface area contributed by atoms with E-state index in [-0.39, 0.29) is 17.9 Å². The van der Waals surface area contributed by atoms with Crippen molar-refractivity contribution >= 4 is 5.91 Å². The van der Waals surface area contributed by atoms with Gasteiger partial charge >= 0.3 is 0 Å². The summed E-state index contributed by atoms with van der Waals surface area (Å²) in [7, 11) is 0. The first kappa shape index (κ1) is 9.00. The molecule has 0 spiro atoms. The van der Waals surface area contributed by atoms with Crippen LogP contribution in [0.2, 0.25) is 0 Å². The quantitative estimate of drug-likeness (QED) is 0.663. The van der Waals surface area contributed by atoms with Gasteiger partial charge in [-0.3, -0.25) is 4.79 Å². The summed E-state index contributed by atoms with van der Waals surface area (Å²) >= 11 is 0. The number of carbonyl (C=O) groups excluding carboxylic acids is 1. The second kappa shape index (κ2) is 3.66. The summed E-state index contributed by atoms with van der Waals surface area (Å²) < 4.78 is 0. The van der Waals surface area contributed by atoms with Gasteiger partial charge in [-0.1, -0.05) is 12.8 Å². The van der Waals surface area contributed by atoms with Crippen LogP contribution >= 0.6 is 0 Å². The molecular formula is C10H18N2O. The molecule has 2 aliphatic rings. The molecule has 0 aliphatic heterocycles. The lowest BCUT2D eigenvalue weighted by molar-refractivity contribution is -0.126. The van der Waals surface area contributed by atoms with Crippen LogP contribution < -0.4 is 11.1 Å².